The molecule has 0 aliphatic rings. The number of amides is 1. The van der Waals surface area contributed by atoms with Gasteiger partial charge in [-0.1, -0.05) is 6.07 Å². The molecule has 5 heteroatoms. The fraction of sp³-hybridized carbons (Fsp3) is 0.375. The number of rotatable bonds is 5. The Bertz CT molecular complexity index is 618. The molecule has 0 fully saturated rings. The lowest BCUT2D eigenvalue weighted by Gasteiger charge is -2.23. The van der Waals surface area contributed by atoms with Crippen LogP contribution >= 0.6 is 0 Å². The van der Waals surface area contributed by atoms with Crippen LogP contribution < -0.4 is 5.32 Å². The van der Waals surface area contributed by atoms with Crippen LogP contribution in [0.3, 0.4) is 0 Å². The molecule has 1 amide bonds. The Labute approximate surface area is 124 Å². The summed E-state index contributed by atoms with van der Waals surface area (Å²) in [7, 11) is 0. The zero-order valence-electron chi connectivity index (χ0n) is 12.5. The summed E-state index contributed by atoms with van der Waals surface area (Å²) >= 11 is 0. The number of aliphatic hydroxyl groups is 1. The van der Waals surface area contributed by atoms with E-state index in [1.165, 1.54) is 0 Å². The summed E-state index contributed by atoms with van der Waals surface area (Å²) in [6.45, 7) is 5.42. The zero-order chi connectivity index (χ0) is 15.5. The summed E-state index contributed by atoms with van der Waals surface area (Å²) in [6.07, 6.45) is 3.56. The van der Waals surface area contributed by atoms with Crippen LogP contribution in [0.2, 0.25) is 0 Å². The first-order chi connectivity index (χ1) is 9.88. The van der Waals surface area contributed by atoms with E-state index in [4.69, 9.17) is 4.42 Å². The van der Waals surface area contributed by atoms with Crippen LogP contribution in [0, 0.1) is 13.8 Å². The number of furan rings is 1. The maximum atomic E-state index is 11.9. The minimum absolute atomic E-state index is 0.131. The number of carbonyl (C=O) groups is 1. The monoisotopic (exact) mass is 288 g/mol. The third kappa shape index (κ3) is 3.92. The van der Waals surface area contributed by atoms with Gasteiger partial charge in [-0.15, -0.1) is 0 Å². The van der Waals surface area contributed by atoms with Crippen molar-refractivity contribution in [2.75, 3.05) is 6.54 Å². The second-order valence-electron chi connectivity index (χ2n) is 5.42. The van der Waals surface area contributed by atoms with Crippen LogP contribution in [0.25, 0.3) is 0 Å². The van der Waals surface area contributed by atoms with Crippen LogP contribution in [-0.2, 0) is 16.8 Å². The summed E-state index contributed by atoms with van der Waals surface area (Å²) in [4.78, 5) is 15.9. The molecule has 1 atom stereocenters. The highest BCUT2D eigenvalue weighted by Gasteiger charge is 2.28. The zero-order valence-corrected chi connectivity index (χ0v) is 12.5. The summed E-state index contributed by atoms with van der Waals surface area (Å²) < 4.78 is 5.42. The number of aromatic nitrogens is 1. The standard InChI is InChI=1S/C16H20N2O3/c1-11-7-14(12(2)21-11)16(3,20)10-18-15(19)8-13-5-4-6-17-9-13/h4-7,9,20H,8,10H2,1-3H3,(H,18,19). The Morgan fingerprint density at radius 3 is 2.81 bits per heavy atom. The summed E-state index contributed by atoms with van der Waals surface area (Å²) in [5.41, 5.74) is 0.374. The van der Waals surface area contributed by atoms with E-state index in [9.17, 15) is 9.90 Å². The van der Waals surface area contributed by atoms with Crippen molar-refractivity contribution < 1.29 is 14.3 Å². The van der Waals surface area contributed by atoms with Gasteiger partial charge in [0.2, 0.25) is 5.91 Å². The number of hydrogen-bond donors (Lipinski definition) is 2. The Kier molecular flexibility index (Phi) is 4.43. The molecular formula is C16H20N2O3. The summed E-state index contributed by atoms with van der Waals surface area (Å²) in [6, 6.07) is 5.42. The molecule has 0 saturated heterocycles. The topological polar surface area (TPSA) is 75.4 Å². The molecule has 2 N–H and O–H groups in total. The average Bonchev–Trinajstić information content (AvgIpc) is 2.78. The molecule has 1 unspecified atom stereocenters. The van der Waals surface area contributed by atoms with Gasteiger partial charge in [-0.3, -0.25) is 9.78 Å². The van der Waals surface area contributed by atoms with Gasteiger partial charge in [0.05, 0.1) is 13.0 Å². The fourth-order valence-electron chi connectivity index (χ4n) is 2.28. The number of carbonyl (C=O) groups excluding carboxylic acids is 1. The molecule has 2 aromatic heterocycles. The van der Waals surface area contributed by atoms with Crippen LogP contribution in [0.4, 0.5) is 0 Å². The Hall–Kier alpha value is -2.14. The molecule has 0 spiro atoms. The predicted octanol–water partition coefficient (Wildman–Crippen LogP) is 1.86. The lowest BCUT2D eigenvalue weighted by molar-refractivity contribution is -0.121. The van der Waals surface area contributed by atoms with E-state index < -0.39 is 5.60 Å². The predicted molar refractivity (Wildman–Crippen MR) is 78.7 cm³/mol. The first-order valence-electron chi connectivity index (χ1n) is 6.84. The number of aryl methyl sites for hydroxylation is 2. The van der Waals surface area contributed by atoms with E-state index in [-0.39, 0.29) is 18.9 Å². The van der Waals surface area contributed by atoms with Crippen molar-refractivity contribution in [1.82, 2.24) is 10.3 Å². The van der Waals surface area contributed by atoms with Crippen LogP contribution in [-0.4, -0.2) is 22.5 Å². The van der Waals surface area contributed by atoms with Gasteiger partial charge in [-0.2, -0.15) is 0 Å². The molecule has 21 heavy (non-hydrogen) atoms. The highest BCUT2D eigenvalue weighted by Crippen LogP contribution is 2.26. The second-order valence-corrected chi connectivity index (χ2v) is 5.42. The van der Waals surface area contributed by atoms with E-state index in [1.807, 2.05) is 13.0 Å². The van der Waals surface area contributed by atoms with Crippen LogP contribution in [0.5, 0.6) is 0 Å². The Balaban J connectivity index is 1.95. The SMILES string of the molecule is Cc1cc(C(C)(O)CNC(=O)Cc2cccnc2)c(C)o1. The normalized spacial score (nSPS) is 13.7. The molecule has 2 heterocycles. The molecule has 0 aliphatic carbocycles. The first-order valence-corrected chi connectivity index (χ1v) is 6.84. The van der Waals surface area contributed by atoms with E-state index in [1.54, 1.807) is 38.4 Å². The maximum absolute atomic E-state index is 11.9. The highest BCUT2D eigenvalue weighted by molar-refractivity contribution is 5.78. The first kappa shape index (κ1) is 15.3. The van der Waals surface area contributed by atoms with E-state index in [0.717, 1.165) is 11.3 Å². The molecule has 0 bridgehead atoms. The smallest absolute Gasteiger partial charge is 0.224 e. The van der Waals surface area contributed by atoms with Gasteiger partial charge >= 0.3 is 0 Å². The molecule has 0 aromatic carbocycles. The summed E-state index contributed by atoms with van der Waals surface area (Å²) in [5.74, 6) is 1.25. The van der Waals surface area contributed by atoms with Gasteiger partial charge in [0.15, 0.2) is 0 Å². The highest BCUT2D eigenvalue weighted by atomic mass is 16.3. The molecule has 0 aliphatic heterocycles. The molecule has 5 nitrogen and oxygen atoms in total. The third-order valence-electron chi connectivity index (χ3n) is 3.34. The molecule has 112 valence electrons. The third-order valence-corrected chi connectivity index (χ3v) is 3.34. The fourth-order valence-corrected chi connectivity index (χ4v) is 2.28. The number of pyridine rings is 1. The molecule has 0 saturated carbocycles. The Morgan fingerprint density at radius 1 is 1.48 bits per heavy atom. The number of nitrogens with one attached hydrogen (secondary N) is 1. The van der Waals surface area contributed by atoms with Gasteiger partial charge in [-0.25, -0.2) is 0 Å². The number of nitrogens with zero attached hydrogens (tertiary/aromatic N) is 1. The van der Waals surface area contributed by atoms with Crippen molar-refractivity contribution in [1.29, 1.82) is 0 Å². The molecule has 2 aromatic rings. The van der Waals surface area contributed by atoms with E-state index in [2.05, 4.69) is 10.3 Å². The molecule has 2 rings (SSSR count). The van der Waals surface area contributed by atoms with Crippen LogP contribution in [0.15, 0.2) is 35.0 Å². The van der Waals surface area contributed by atoms with Crippen LogP contribution in [0.1, 0.15) is 29.6 Å². The average molecular weight is 288 g/mol. The van der Waals surface area contributed by atoms with Gasteiger partial charge < -0.3 is 14.8 Å². The van der Waals surface area contributed by atoms with Gasteiger partial charge in [0.1, 0.15) is 17.1 Å². The van der Waals surface area contributed by atoms with Gasteiger partial charge in [-0.05, 0) is 38.5 Å². The lowest BCUT2D eigenvalue weighted by atomic mass is 9.96. The molecule has 0 radical (unpaired) electrons. The van der Waals surface area contributed by atoms with Gasteiger partial charge in [0.25, 0.3) is 0 Å². The summed E-state index contributed by atoms with van der Waals surface area (Å²) in [5, 5.41) is 13.3. The second kappa shape index (κ2) is 6.10. The lowest BCUT2D eigenvalue weighted by Crippen LogP contribution is -2.39. The number of hydrogen-bond acceptors (Lipinski definition) is 4. The maximum Gasteiger partial charge on any atom is 0.224 e. The van der Waals surface area contributed by atoms with Gasteiger partial charge in [0, 0.05) is 18.0 Å². The molecular weight excluding hydrogens is 268 g/mol. The van der Waals surface area contributed by atoms with Crippen molar-refractivity contribution in [2.24, 2.45) is 0 Å². The van der Waals surface area contributed by atoms with E-state index >= 15 is 0 Å². The van der Waals surface area contributed by atoms with Crippen molar-refractivity contribution in [3.8, 4) is 0 Å². The van der Waals surface area contributed by atoms with E-state index in [0.29, 0.717) is 11.3 Å². The largest absolute Gasteiger partial charge is 0.466 e. The van der Waals surface area contributed by atoms with Crippen molar-refractivity contribution >= 4 is 5.91 Å². The minimum atomic E-state index is -1.16. The van der Waals surface area contributed by atoms with Crippen molar-refractivity contribution in [2.45, 2.75) is 32.8 Å². The minimum Gasteiger partial charge on any atom is -0.466 e. The van der Waals surface area contributed by atoms with Crippen molar-refractivity contribution in [3.63, 3.8) is 0 Å². The van der Waals surface area contributed by atoms with Crippen molar-refractivity contribution in [3.05, 3.63) is 53.2 Å². The Morgan fingerprint density at radius 2 is 2.24 bits per heavy atom. The quantitative estimate of drug-likeness (QED) is 0.880.